The summed E-state index contributed by atoms with van der Waals surface area (Å²) in [5.41, 5.74) is 17.9. The van der Waals surface area contributed by atoms with Crippen LogP contribution in [0.1, 0.15) is 110 Å². The molecule has 2 N–H and O–H groups in total. The number of hydrogen-bond acceptors (Lipinski definition) is 3. The molecular weight excluding hydrogens is 527 g/mol. The number of nitrogens with one attached hydrogen (secondary N) is 2. The van der Waals surface area contributed by atoms with Crippen LogP contribution in [0.25, 0.3) is 44.4 Å². The van der Waals surface area contributed by atoms with Crippen LogP contribution in [0.2, 0.25) is 0 Å². The minimum atomic E-state index is 0. The molecule has 3 aromatic rings. The van der Waals surface area contributed by atoms with Gasteiger partial charge in [-0.1, -0.05) is 27.7 Å². The second-order valence-electron chi connectivity index (χ2n) is 10.4. The van der Waals surface area contributed by atoms with Gasteiger partial charge in [0.2, 0.25) is 0 Å². The standard InChI is InChI=1S/C33H38N4O.Ni/c1-9-21-18(6)27-14-31-23(11-3)20(8)32(37-31)25(16-38)33-24(12-4)19(7)28(36-33)15-30-22(10-2)17(5)26(34-30)13-29(21)35-27;/h13-16,35-36H,9-12H2,1-8H3;/q;+2. The predicted octanol–water partition coefficient (Wildman–Crippen LogP) is 8.55. The summed E-state index contributed by atoms with van der Waals surface area (Å²) in [6.45, 7) is 17.3. The molecule has 0 fully saturated rings. The van der Waals surface area contributed by atoms with Gasteiger partial charge in [-0.3, -0.25) is 4.79 Å². The molecule has 0 spiro atoms. The van der Waals surface area contributed by atoms with Crippen LogP contribution in [0.4, 0.5) is 0 Å². The van der Waals surface area contributed by atoms with Crippen molar-refractivity contribution in [3.8, 4) is 0 Å². The molecule has 0 aromatic carbocycles. The number of carbonyl (C=O) groups is 1. The molecule has 5 rings (SSSR count). The number of rotatable bonds is 5. The molecule has 5 nitrogen and oxygen atoms in total. The van der Waals surface area contributed by atoms with E-state index in [2.05, 4.69) is 83.6 Å². The van der Waals surface area contributed by atoms with Gasteiger partial charge < -0.3 is 9.97 Å². The van der Waals surface area contributed by atoms with Crippen molar-refractivity contribution in [3.63, 3.8) is 0 Å². The molecule has 5 heterocycles. The zero-order chi connectivity index (χ0) is 27.3. The zero-order valence-corrected chi connectivity index (χ0v) is 25.2. The first kappa shape index (κ1) is 28.8. The molecule has 204 valence electrons. The van der Waals surface area contributed by atoms with E-state index < -0.39 is 0 Å². The van der Waals surface area contributed by atoms with Crippen molar-refractivity contribution < 1.29 is 21.3 Å². The van der Waals surface area contributed by atoms with E-state index in [4.69, 9.17) is 9.97 Å². The number of aromatic amines is 2. The first-order valence-corrected chi connectivity index (χ1v) is 13.9. The zero-order valence-electron chi connectivity index (χ0n) is 24.3. The molecule has 2 aliphatic heterocycles. The molecule has 0 saturated carbocycles. The van der Waals surface area contributed by atoms with E-state index in [0.29, 0.717) is 5.56 Å². The van der Waals surface area contributed by atoms with E-state index in [1.807, 2.05) is 0 Å². The number of aldehydes is 1. The van der Waals surface area contributed by atoms with Crippen LogP contribution < -0.4 is 0 Å². The van der Waals surface area contributed by atoms with Gasteiger partial charge >= 0.3 is 16.5 Å². The van der Waals surface area contributed by atoms with Crippen LogP contribution >= 0.6 is 0 Å². The van der Waals surface area contributed by atoms with Crippen LogP contribution in [0.15, 0.2) is 18.2 Å². The van der Waals surface area contributed by atoms with Crippen LogP contribution in [-0.2, 0) is 29.3 Å². The fourth-order valence-electron chi connectivity index (χ4n) is 6.28. The average Bonchev–Trinajstić information content (AvgIpc) is 3.57. The largest absolute Gasteiger partial charge is 2.00 e. The molecule has 6 heteroatoms. The monoisotopic (exact) mass is 564 g/mol. The summed E-state index contributed by atoms with van der Waals surface area (Å²) in [7, 11) is 0. The van der Waals surface area contributed by atoms with Gasteiger partial charge in [0.15, 0.2) is 6.29 Å². The van der Waals surface area contributed by atoms with Crippen molar-refractivity contribution >= 4 is 50.6 Å². The Morgan fingerprint density at radius 2 is 1.21 bits per heavy atom. The summed E-state index contributed by atoms with van der Waals surface area (Å²) in [6, 6.07) is 6.52. The van der Waals surface area contributed by atoms with Gasteiger partial charge in [-0.25, -0.2) is 9.97 Å². The predicted molar refractivity (Wildman–Crippen MR) is 160 cm³/mol. The Labute approximate surface area is 241 Å². The van der Waals surface area contributed by atoms with Crippen molar-refractivity contribution in [1.82, 2.24) is 19.9 Å². The summed E-state index contributed by atoms with van der Waals surface area (Å²) in [6.07, 6.45) is 4.46. The third kappa shape index (κ3) is 4.53. The molecule has 0 unspecified atom stereocenters. The Bertz CT molecular complexity index is 1720. The number of H-pyrrole nitrogens is 2. The number of allylic oxidation sites excluding steroid dienone is 4. The number of nitrogens with zero attached hydrogens (tertiary/aromatic N) is 2. The number of aromatic nitrogens is 4. The van der Waals surface area contributed by atoms with Crippen molar-refractivity contribution in [2.45, 2.75) is 81.1 Å². The molecule has 2 aliphatic rings. The number of carbonyl (C=O) groups excluding carboxylic acids is 1. The first-order valence-electron chi connectivity index (χ1n) is 13.9. The fraction of sp³-hybridized carbons (Fsp3) is 0.364. The molecule has 39 heavy (non-hydrogen) atoms. The molecule has 8 bridgehead atoms. The molecule has 0 saturated heterocycles. The number of fused-ring (bicyclic) bond motifs is 8. The molecule has 3 aromatic heterocycles. The molecule has 0 aliphatic carbocycles. The topological polar surface area (TPSA) is 74.4 Å². The number of hydrogen-bond donors (Lipinski definition) is 2. The summed E-state index contributed by atoms with van der Waals surface area (Å²) in [5.74, 6) is 0. The van der Waals surface area contributed by atoms with Crippen LogP contribution in [0, 0.1) is 13.8 Å². The van der Waals surface area contributed by atoms with E-state index in [9.17, 15) is 4.79 Å². The normalized spacial score (nSPS) is 13.2. The smallest absolute Gasteiger partial charge is 0.355 e. The maximum Gasteiger partial charge on any atom is 2.00 e. The minimum Gasteiger partial charge on any atom is -0.355 e. The first-order chi connectivity index (χ1) is 18.3. The van der Waals surface area contributed by atoms with Gasteiger partial charge in [0.05, 0.1) is 33.9 Å². The van der Waals surface area contributed by atoms with Crippen molar-refractivity contribution in [3.05, 3.63) is 68.8 Å². The molecule has 0 amide bonds. The number of aryl methyl sites for hydroxylation is 4. The van der Waals surface area contributed by atoms with E-state index in [1.54, 1.807) is 0 Å². The quantitative estimate of drug-likeness (QED) is 0.241. The Morgan fingerprint density at radius 3 is 1.79 bits per heavy atom. The average molecular weight is 565 g/mol. The van der Waals surface area contributed by atoms with E-state index in [-0.39, 0.29) is 16.5 Å². The fourth-order valence-corrected chi connectivity index (χ4v) is 6.28. The molecule has 0 radical (unpaired) electrons. The molecule has 0 atom stereocenters. The van der Waals surface area contributed by atoms with Crippen molar-refractivity contribution in [1.29, 1.82) is 0 Å². The van der Waals surface area contributed by atoms with Gasteiger partial charge in [-0.05, 0) is 116 Å². The summed E-state index contributed by atoms with van der Waals surface area (Å²) in [4.78, 5) is 30.2. The van der Waals surface area contributed by atoms with Crippen molar-refractivity contribution in [2.75, 3.05) is 0 Å². The Hall–Kier alpha value is -3.24. The van der Waals surface area contributed by atoms with E-state index in [1.165, 1.54) is 27.8 Å². The van der Waals surface area contributed by atoms with Crippen molar-refractivity contribution in [2.24, 2.45) is 0 Å². The maximum absolute atomic E-state index is 12.7. The van der Waals surface area contributed by atoms with Gasteiger partial charge in [0, 0.05) is 16.6 Å². The van der Waals surface area contributed by atoms with E-state index >= 15 is 0 Å². The van der Waals surface area contributed by atoms with Crippen LogP contribution in [0.5, 0.6) is 0 Å². The van der Waals surface area contributed by atoms with E-state index in [0.717, 1.165) is 93.5 Å². The van der Waals surface area contributed by atoms with Gasteiger partial charge in [-0.2, -0.15) is 0 Å². The van der Waals surface area contributed by atoms with Crippen LogP contribution in [0.3, 0.4) is 0 Å². The van der Waals surface area contributed by atoms with Gasteiger partial charge in [-0.15, -0.1) is 0 Å². The van der Waals surface area contributed by atoms with Gasteiger partial charge in [0.25, 0.3) is 0 Å². The Balaban J connectivity index is 0.00000353. The summed E-state index contributed by atoms with van der Waals surface area (Å²) in [5, 5.41) is 0. The third-order valence-corrected chi connectivity index (χ3v) is 8.51. The summed E-state index contributed by atoms with van der Waals surface area (Å²) < 4.78 is 0. The third-order valence-electron chi connectivity index (χ3n) is 8.51. The maximum atomic E-state index is 12.7. The molecular formula is C33H38N4NiO+2. The Kier molecular flexibility index (Phi) is 8.18. The second-order valence-corrected chi connectivity index (χ2v) is 10.4. The van der Waals surface area contributed by atoms with Crippen LogP contribution in [-0.4, -0.2) is 26.2 Å². The summed E-state index contributed by atoms with van der Waals surface area (Å²) >= 11 is 0. The SMILES string of the molecule is CCC1=C(C)c2cc3[nH]c(cc4nc(c(C=O)c5[nH]c(cc1n2)c(C)c5CC)C(C)=C4CC)c(C)c3CC.[Ni+2]. The minimum absolute atomic E-state index is 0. The Morgan fingerprint density at radius 1 is 0.667 bits per heavy atom. The van der Waals surface area contributed by atoms with Gasteiger partial charge in [0.1, 0.15) is 0 Å². The second kappa shape index (κ2) is 11.1.